The first kappa shape index (κ1) is 14.0. The molecule has 0 aliphatic heterocycles. The Hall–Kier alpha value is -1.07. The number of carbonyl (C=O) groups is 1. The first-order chi connectivity index (χ1) is 7.84. The first-order valence-electron chi connectivity index (χ1n) is 5.19. The van der Waals surface area contributed by atoms with Gasteiger partial charge in [0.25, 0.3) is 15.0 Å². The lowest BCUT2D eigenvalue weighted by atomic mass is 10.1. The van der Waals surface area contributed by atoms with Gasteiger partial charge in [-0.25, -0.2) is 8.42 Å². The number of carbonyl (C=O) groups excluding carboxylic acids is 1. The van der Waals surface area contributed by atoms with Crippen molar-refractivity contribution in [2.45, 2.75) is 25.2 Å². The van der Waals surface area contributed by atoms with Crippen molar-refractivity contribution in [2.75, 3.05) is 6.54 Å². The summed E-state index contributed by atoms with van der Waals surface area (Å²) < 4.78 is 22.4. The van der Waals surface area contributed by atoms with Gasteiger partial charge in [-0.05, 0) is 37.1 Å². The van der Waals surface area contributed by atoms with E-state index in [1.807, 2.05) is 6.92 Å². The molecule has 4 nitrogen and oxygen atoms in total. The van der Waals surface area contributed by atoms with E-state index in [0.717, 1.165) is 6.42 Å². The summed E-state index contributed by atoms with van der Waals surface area (Å²) >= 11 is 0. The van der Waals surface area contributed by atoms with Crippen LogP contribution in [0.15, 0.2) is 23.1 Å². The van der Waals surface area contributed by atoms with Crippen LogP contribution in [0, 0.1) is 6.92 Å². The second-order valence-corrected chi connectivity index (χ2v) is 6.29. The van der Waals surface area contributed by atoms with Crippen molar-refractivity contribution < 1.29 is 13.2 Å². The number of halogens is 1. The fourth-order valence-electron chi connectivity index (χ4n) is 1.36. The lowest BCUT2D eigenvalue weighted by molar-refractivity contribution is 0.0953. The highest BCUT2D eigenvalue weighted by Gasteiger charge is 2.14. The maximum atomic E-state index is 11.7. The Labute approximate surface area is 105 Å². The Kier molecular flexibility index (Phi) is 4.54. The Morgan fingerprint density at radius 2 is 2.00 bits per heavy atom. The number of aryl methyl sites for hydroxylation is 1. The molecule has 0 fully saturated rings. The monoisotopic (exact) mass is 275 g/mol. The van der Waals surface area contributed by atoms with Crippen LogP contribution in [0.1, 0.15) is 29.3 Å². The smallest absolute Gasteiger partial charge is 0.261 e. The zero-order chi connectivity index (χ0) is 13.1. The Bertz CT molecular complexity index is 526. The van der Waals surface area contributed by atoms with Gasteiger partial charge < -0.3 is 5.32 Å². The van der Waals surface area contributed by atoms with E-state index in [1.165, 1.54) is 12.1 Å². The number of nitrogens with one attached hydrogen (secondary N) is 1. The second kappa shape index (κ2) is 5.51. The average Bonchev–Trinajstić information content (AvgIpc) is 2.23. The third-order valence-electron chi connectivity index (χ3n) is 2.13. The van der Waals surface area contributed by atoms with E-state index in [1.54, 1.807) is 13.0 Å². The summed E-state index contributed by atoms with van der Waals surface area (Å²) in [5.41, 5.74) is 0.978. The van der Waals surface area contributed by atoms with Gasteiger partial charge in [-0.3, -0.25) is 4.79 Å². The molecule has 0 unspecified atom stereocenters. The molecule has 0 aliphatic carbocycles. The molecule has 0 spiro atoms. The van der Waals surface area contributed by atoms with E-state index >= 15 is 0 Å². The Balaban J connectivity index is 3.10. The SMILES string of the molecule is CCCNC(=O)c1cc(C)cc(S(=O)(=O)Cl)c1. The van der Waals surface area contributed by atoms with Gasteiger partial charge in [0, 0.05) is 22.8 Å². The zero-order valence-electron chi connectivity index (χ0n) is 9.66. The number of hydrogen-bond donors (Lipinski definition) is 1. The molecular formula is C11H14ClNO3S. The zero-order valence-corrected chi connectivity index (χ0v) is 11.2. The van der Waals surface area contributed by atoms with Gasteiger partial charge in [0.1, 0.15) is 0 Å². The Morgan fingerprint density at radius 3 is 2.53 bits per heavy atom. The van der Waals surface area contributed by atoms with Crippen molar-refractivity contribution >= 4 is 25.6 Å². The van der Waals surface area contributed by atoms with Crippen LogP contribution in [0.5, 0.6) is 0 Å². The molecule has 0 atom stereocenters. The van der Waals surface area contributed by atoms with Crippen molar-refractivity contribution in [1.82, 2.24) is 5.32 Å². The molecule has 1 rings (SSSR count). The maximum absolute atomic E-state index is 11.7. The van der Waals surface area contributed by atoms with Gasteiger partial charge in [-0.15, -0.1) is 0 Å². The molecule has 6 heteroatoms. The number of rotatable bonds is 4. The van der Waals surface area contributed by atoms with Gasteiger partial charge >= 0.3 is 0 Å². The lowest BCUT2D eigenvalue weighted by Gasteiger charge is -2.06. The second-order valence-electron chi connectivity index (χ2n) is 3.73. The van der Waals surface area contributed by atoms with Crippen molar-refractivity contribution in [3.8, 4) is 0 Å². The maximum Gasteiger partial charge on any atom is 0.261 e. The summed E-state index contributed by atoms with van der Waals surface area (Å²) in [7, 11) is 1.44. The van der Waals surface area contributed by atoms with Crippen molar-refractivity contribution in [3.05, 3.63) is 29.3 Å². The van der Waals surface area contributed by atoms with E-state index < -0.39 is 9.05 Å². The third-order valence-corrected chi connectivity index (χ3v) is 3.46. The number of hydrogen-bond acceptors (Lipinski definition) is 3. The summed E-state index contributed by atoms with van der Waals surface area (Å²) in [4.78, 5) is 11.6. The van der Waals surface area contributed by atoms with Crippen molar-refractivity contribution in [1.29, 1.82) is 0 Å². The summed E-state index contributed by atoms with van der Waals surface area (Å²) in [6.45, 7) is 4.20. The van der Waals surface area contributed by atoms with Gasteiger partial charge in [0.05, 0.1) is 4.90 Å². The minimum atomic E-state index is -3.81. The minimum absolute atomic E-state index is 0.0548. The molecule has 1 amide bonds. The molecule has 0 radical (unpaired) electrons. The van der Waals surface area contributed by atoms with Crippen LogP contribution >= 0.6 is 10.7 Å². The van der Waals surface area contributed by atoms with Gasteiger partial charge in [0.15, 0.2) is 0 Å². The van der Waals surface area contributed by atoms with E-state index in [9.17, 15) is 13.2 Å². The quantitative estimate of drug-likeness (QED) is 0.856. The fraction of sp³-hybridized carbons (Fsp3) is 0.364. The molecule has 1 aromatic carbocycles. The highest BCUT2D eigenvalue weighted by atomic mass is 35.7. The van der Waals surface area contributed by atoms with E-state index in [4.69, 9.17) is 10.7 Å². The van der Waals surface area contributed by atoms with E-state index in [-0.39, 0.29) is 10.8 Å². The highest BCUT2D eigenvalue weighted by Crippen LogP contribution is 2.18. The highest BCUT2D eigenvalue weighted by molar-refractivity contribution is 8.13. The molecule has 17 heavy (non-hydrogen) atoms. The topological polar surface area (TPSA) is 63.2 Å². The molecular weight excluding hydrogens is 262 g/mol. The summed E-state index contributed by atoms with van der Waals surface area (Å²) in [5, 5.41) is 2.68. The van der Waals surface area contributed by atoms with Gasteiger partial charge in [-0.1, -0.05) is 6.92 Å². The number of benzene rings is 1. The van der Waals surface area contributed by atoms with Crippen LogP contribution in [-0.2, 0) is 9.05 Å². The normalized spacial score (nSPS) is 11.2. The summed E-state index contributed by atoms with van der Waals surface area (Å²) in [6, 6.07) is 4.33. The van der Waals surface area contributed by atoms with Crippen LogP contribution in [0.2, 0.25) is 0 Å². The predicted molar refractivity (Wildman–Crippen MR) is 66.8 cm³/mol. The van der Waals surface area contributed by atoms with Crippen LogP contribution in [0.25, 0.3) is 0 Å². The van der Waals surface area contributed by atoms with Crippen molar-refractivity contribution in [2.24, 2.45) is 0 Å². The molecule has 0 aromatic heterocycles. The standard InChI is InChI=1S/C11H14ClNO3S/c1-3-4-13-11(14)9-5-8(2)6-10(7-9)17(12,15)16/h5-7H,3-4H2,1-2H3,(H,13,14). The summed E-state index contributed by atoms with van der Waals surface area (Å²) in [6.07, 6.45) is 0.818. The van der Waals surface area contributed by atoms with Crippen LogP contribution in [-0.4, -0.2) is 20.9 Å². The largest absolute Gasteiger partial charge is 0.352 e. The molecule has 0 saturated heterocycles. The molecule has 1 N–H and O–H groups in total. The van der Waals surface area contributed by atoms with Crippen molar-refractivity contribution in [3.63, 3.8) is 0 Å². The average molecular weight is 276 g/mol. The third kappa shape index (κ3) is 4.02. The Morgan fingerprint density at radius 1 is 1.35 bits per heavy atom. The van der Waals surface area contributed by atoms with Crippen LogP contribution in [0.3, 0.4) is 0 Å². The summed E-state index contributed by atoms with van der Waals surface area (Å²) in [5.74, 6) is -0.294. The molecule has 0 bridgehead atoms. The molecule has 0 heterocycles. The molecule has 0 saturated carbocycles. The van der Waals surface area contributed by atoms with E-state index in [2.05, 4.69) is 5.32 Å². The molecule has 1 aromatic rings. The predicted octanol–water partition coefficient (Wildman–Crippen LogP) is 2.06. The molecule has 0 aliphatic rings. The first-order valence-corrected chi connectivity index (χ1v) is 7.50. The van der Waals surface area contributed by atoms with Gasteiger partial charge in [-0.2, -0.15) is 0 Å². The minimum Gasteiger partial charge on any atom is -0.352 e. The van der Waals surface area contributed by atoms with Crippen LogP contribution < -0.4 is 5.32 Å². The van der Waals surface area contributed by atoms with Crippen LogP contribution in [0.4, 0.5) is 0 Å². The number of amides is 1. The van der Waals surface area contributed by atoms with E-state index in [0.29, 0.717) is 17.7 Å². The van der Waals surface area contributed by atoms with Gasteiger partial charge in [0.2, 0.25) is 0 Å². The fourth-order valence-corrected chi connectivity index (χ4v) is 2.22. The molecule has 94 valence electrons. The lowest BCUT2D eigenvalue weighted by Crippen LogP contribution is -2.24.